The third kappa shape index (κ3) is 3.82. The van der Waals surface area contributed by atoms with Crippen molar-refractivity contribution in [3.63, 3.8) is 0 Å². The Labute approximate surface area is 180 Å². The summed E-state index contributed by atoms with van der Waals surface area (Å²) in [4.78, 5) is 28.0. The van der Waals surface area contributed by atoms with Crippen LogP contribution in [0.4, 0.5) is 5.69 Å². The molecule has 0 saturated carbocycles. The van der Waals surface area contributed by atoms with E-state index in [2.05, 4.69) is 24.1 Å². The van der Waals surface area contributed by atoms with Crippen molar-refractivity contribution in [1.82, 2.24) is 4.98 Å². The molecular formula is C25H24N2O4. The fourth-order valence-corrected chi connectivity index (χ4v) is 4.21. The Balaban J connectivity index is 1.70. The molecule has 0 bridgehead atoms. The van der Waals surface area contributed by atoms with E-state index in [1.54, 1.807) is 48.8 Å². The molecule has 1 aliphatic rings. The lowest BCUT2D eigenvalue weighted by Crippen LogP contribution is -2.39. The van der Waals surface area contributed by atoms with Crippen LogP contribution in [0.3, 0.4) is 0 Å². The Kier molecular flexibility index (Phi) is 5.11. The number of rotatable bonds is 4. The Morgan fingerprint density at radius 1 is 0.903 bits per heavy atom. The van der Waals surface area contributed by atoms with Gasteiger partial charge in [-0.05, 0) is 83.5 Å². The lowest BCUT2D eigenvalue weighted by Gasteiger charge is -2.42. The van der Waals surface area contributed by atoms with Crippen LogP contribution in [0.25, 0.3) is 0 Å². The van der Waals surface area contributed by atoms with Gasteiger partial charge >= 0.3 is 5.97 Å². The van der Waals surface area contributed by atoms with E-state index in [0.717, 1.165) is 23.1 Å². The van der Waals surface area contributed by atoms with Crippen LogP contribution in [0.15, 0.2) is 67.0 Å². The first-order chi connectivity index (χ1) is 14.7. The number of hydrogen-bond acceptors (Lipinski definition) is 4. The first-order valence-corrected chi connectivity index (χ1v) is 10.1. The fourth-order valence-electron chi connectivity index (χ4n) is 4.21. The van der Waals surface area contributed by atoms with Gasteiger partial charge in [0.05, 0.1) is 5.56 Å². The van der Waals surface area contributed by atoms with E-state index in [1.165, 1.54) is 12.1 Å². The molecule has 0 spiro atoms. The Morgan fingerprint density at radius 3 is 2.19 bits per heavy atom. The van der Waals surface area contributed by atoms with E-state index >= 15 is 0 Å². The average Bonchev–Trinajstić information content (AvgIpc) is 2.77. The molecule has 2 aromatic carbocycles. The van der Waals surface area contributed by atoms with Crippen LogP contribution in [0.2, 0.25) is 0 Å². The summed E-state index contributed by atoms with van der Waals surface area (Å²) in [5.41, 5.74) is 2.23. The van der Waals surface area contributed by atoms with Gasteiger partial charge < -0.3 is 15.5 Å². The number of anilines is 1. The van der Waals surface area contributed by atoms with Gasteiger partial charge in [-0.3, -0.25) is 9.78 Å². The lowest BCUT2D eigenvalue weighted by atomic mass is 9.65. The molecule has 1 heterocycles. The van der Waals surface area contributed by atoms with E-state index < -0.39 is 11.6 Å². The summed E-state index contributed by atoms with van der Waals surface area (Å²) < 4.78 is 0. The van der Waals surface area contributed by atoms with Gasteiger partial charge in [0, 0.05) is 23.6 Å². The SMILES string of the molecule is CC1(C)CCC(O)(c2ccncc2)c2cc(C(=O)Nc3ccc(C(=O)O)cc3)ccc21. The number of hydrogen-bond donors (Lipinski definition) is 3. The van der Waals surface area contributed by atoms with Crippen LogP contribution in [-0.4, -0.2) is 27.1 Å². The van der Waals surface area contributed by atoms with Gasteiger partial charge in [-0.15, -0.1) is 0 Å². The van der Waals surface area contributed by atoms with Crippen molar-refractivity contribution < 1.29 is 19.8 Å². The van der Waals surface area contributed by atoms with Gasteiger partial charge in [0.2, 0.25) is 0 Å². The second-order valence-electron chi connectivity index (χ2n) is 8.58. The zero-order valence-corrected chi connectivity index (χ0v) is 17.4. The van der Waals surface area contributed by atoms with Crippen LogP contribution >= 0.6 is 0 Å². The molecule has 0 fully saturated rings. The molecule has 0 saturated heterocycles. The molecule has 1 unspecified atom stereocenters. The van der Waals surface area contributed by atoms with Gasteiger partial charge in [-0.25, -0.2) is 4.79 Å². The van der Waals surface area contributed by atoms with Crippen molar-refractivity contribution in [2.24, 2.45) is 0 Å². The van der Waals surface area contributed by atoms with Gasteiger partial charge in [0.25, 0.3) is 5.91 Å². The number of carboxylic acids is 1. The van der Waals surface area contributed by atoms with Gasteiger partial charge in [-0.1, -0.05) is 19.9 Å². The second-order valence-corrected chi connectivity index (χ2v) is 8.58. The van der Waals surface area contributed by atoms with Crippen LogP contribution in [0.5, 0.6) is 0 Å². The van der Waals surface area contributed by atoms with Crippen LogP contribution in [0, 0.1) is 0 Å². The number of aliphatic hydroxyl groups is 1. The van der Waals surface area contributed by atoms with Crippen LogP contribution < -0.4 is 5.32 Å². The van der Waals surface area contributed by atoms with Crippen molar-refractivity contribution in [3.05, 3.63) is 94.8 Å². The third-order valence-corrected chi connectivity index (χ3v) is 6.12. The van der Waals surface area contributed by atoms with Gasteiger partial charge in [0.15, 0.2) is 0 Å². The maximum Gasteiger partial charge on any atom is 0.335 e. The number of carboxylic acid groups (broad SMARTS) is 1. The number of benzene rings is 2. The van der Waals surface area contributed by atoms with E-state index in [1.807, 2.05) is 6.07 Å². The maximum absolute atomic E-state index is 12.9. The maximum atomic E-state index is 12.9. The lowest BCUT2D eigenvalue weighted by molar-refractivity contribution is 0.0495. The molecule has 1 amide bonds. The number of carbonyl (C=O) groups excluding carboxylic acids is 1. The highest BCUT2D eigenvalue weighted by atomic mass is 16.4. The zero-order valence-electron chi connectivity index (χ0n) is 17.4. The average molecular weight is 416 g/mol. The summed E-state index contributed by atoms with van der Waals surface area (Å²) in [6.07, 6.45) is 4.66. The topological polar surface area (TPSA) is 99.5 Å². The molecule has 158 valence electrons. The minimum absolute atomic E-state index is 0.129. The summed E-state index contributed by atoms with van der Waals surface area (Å²) in [7, 11) is 0. The number of fused-ring (bicyclic) bond motifs is 1. The quantitative estimate of drug-likeness (QED) is 0.588. The standard InChI is InChI=1S/C25H24N2O4/c1-24(2)11-12-25(31,18-9-13-26-14-10-18)21-15-17(5-8-20(21)24)22(28)27-19-6-3-16(4-7-19)23(29)30/h3-10,13-15,31H,11-12H2,1-2H3,(H,27,28)(H,29,30). The second kappa shape index (κ2) is 7.63. The predicted molar refractivity (Wildman–Crippen MR) is 117 cm³/mol. The minimum Gasteiger partial charge on any atom is -0.478 e. The molecular weight excluding hydrogens is 392 g/mol. The molecule has 6 nitrogen and oxygen atoms in total. The molecule has 1 atom stereocenters. The smallest absolute Gasteiger partial charge is 0.335 e. The molecule has 4 rings (SSSR count). The van der Waals surface area contributed by atoms with Gasteiger partial charge in [0.1, 0.15) is 5.60 Å². The van der Waals surface area contributed by atoms with E-state index in [-0.39, 0.29) is 16.9 Å². The molecule has 0 radical (unpaired) electrons. The molecule has 3 aromatic rings. The molecule has 1 aromatic heterocycles. The van der Waals surface area contributed by atoms with Crippen LogP contribution in [-0.2, 0) is 11.0 Å². The monoisotopic (exact) mass is 416 g/mol. The predicted octanol–water partition coefficient (Wildman–Crippen LogP) is 4.34. The Bertz CT molecular complexity index is 1140. The van der Waals surface area contributed by atoms with Gasteiger partial charge in [-0.2, -0.15) is 0 Å². The summed E-state index contributed by atoms with van der Waals surface area (Å²) in [5.74, 6) is -1.35. The van der Waals surface area contributed by atoms with Crippen molar-refractivity contribution in [1.29, 1.82) is 0 Å². The molecule has 31 heavy (non-hydrogen) atoms. The normalized spacial score (nSPS) is 19.3. The molecule has 6 heteroatoms. The number of carbonyl (C=O) groups is 2. The van der Waals surface area contributed by atoms with E-state index in [9.17, 15) is 14.7 Å². The molecule has 0 aliphatic heterocycles. The highest BCUT2D eigenvalue weighted by molar-refractivity contribution is 6.04. The van der Waals surface area contributed by atoms with E-state index in [0.29, 0.717) is 17.7 Å². The van der Waals surface area contributed by atoms with E-state index in [4.69, 9.17) is 5.11 Å². The third-order valence-electron chi connectivity index (χ3n) is 6.12. The highest BCUT2D eigenvalue weighted by Crippen LogP contribution is 2.48. The van der Waals surface area contributed by atoms with Crippen molar-refractivity contribution in [3.8, 4) is 0 Å². The molecule has 1 aliphatic carbocycles. The number of pyridine rings is 1. The number of aromatic carboxylic acids is 1. The van der Waals surface area contributed by atoms with Crippen molar-refractivity contribution in [2.45, 2.75) is 37.7 Å². The largest absolute Gasteiger partial charge is 0.478 e. The Hall–Kier alpha value is -3.51. The summed E-state index contributed by atoms with van der Waals surface area (Å²) >= 11 is 0. The first kappa shape index (κ1) is 20.8. The number of aromatic nitrogens is 1. The summed E-state index contributed by atoms with van der Waals surface area (Å²) in [6, 6.07) is 15.0. The highest BCUT2D eigenvalue weighted by Gasteiger charge is 2.43. The first-order valence-electron chi connectivity index (χ1n) is 10.1. The molecule has 3 N–H and O–H groups in total. The van der Waals surface area contributed by atoms with Crippen LogP contribution in [0.1, 0.15) is 64.1 Å². The van der Waals surface area contributed by atoms with Crippen molar-refractivity contribution >= 4 is 17.6 Å². The minimum atomic E-state index is -1.20. The number of amides is 1. The zero-order chi connectivity index (χ0) is 22.2. The number of nitrogens with zero attached hydrogens (tertiary/aromatic N) is 1. The van der Waals surface area contributed by atoms with Crippen molar-refractivity contribution in [2.75, 3.05) is 5.32 Å². The fraction of sp³-hybridized carbons (Fsp3) is 0.240. The summed E-state index contributed by atoms with van der Waals surface area (Å²) in [6.45, 7) is 4.28. The summed E-state index contributed by atoms with van der Waals surface area (Å²) in [5, 5.41) is 23.5. The Morgan fingerprint density at radius 2 is 1.55 bits per heavy atom. The number of nitrogens with one attached hydrogen (secondary N) is 1.